The molecule has 3 N–H and O–H groups in total. The van der Waals surface area contributed by atoms with Gasteiger partial charge in [-0.2, -0.15) is 0 Å². The van der Waals surface area contributed by atoms with Crippen molar-refractivity contribution >= 4 is 52.1 Å². The third kappa shape index (κ3) is 6.79. The van der Waals surface area contributed by atoms with Crippen molar-refractivity contribution in [2.75, 3.05) is 22.5 Å². The van der Waals surface area contributed by atoms with Gasteiger partial charge in [-0.15, -0.1) is 0 Å². The lowest BCUT2D eigenvalue weighted by Crippen LogP contribution is -2.22. The van der Waals surface area contributed by atoms with E-state index in [0.29, 0.717) is 39.9 Å². The summed E-state index contributed by atoms with van der Waals surface area (Å²) in [5.41, 5.74) is 2.95. The molecule has 0 heterocycles. The second kappa shape index (κ2) is 10.7. The molecule has 0 aliphatic carbocycles. The van der Waals surface area contributed by atoms with Crippen LogP contribution in [0.4, 0.5) is 17.1 Å². The third-order valence-electron chi connectivity index (χ3n) is 4.28. The molecule has 3 aromatic carbocycles. The van der Waals surface area contributed by atoms with E-state index in [9.17, 15) is 9.59 Å². The zero-order chi connectivity index (χ0) is 21.3. The Labute approximate surface area is 185 Å². The first-order valence-electron chi connectivity index (χ1n) is 9.42. The minimum absolute atomic E-state index is 0.0367. The minimum atomic E-state index is -0.242. The highest BCUT2D eigenvalue weighted by Crippen LogP contribution is 2.25. The topological polar surface area (TPSA) is 70.2 Å². The van der Waals surface area contributed by atoms with Crippen LogP contribution in [0.15, 0.2) is 72.8 Å². The molecule has 0 bridgehead atoms. The normalized spacial score (nSPS) is 10.3. The lowest BCUT2D eigenvalue weighted by molar-refractivity contribution is -0.116. The Kier molecular flexibility index (Phi) is 7.71. The van der Waals surface area contributed by atoms with Gasteiger partial charge in [-0.05, 0) is 48.4 Å². The summed E-state index contributed by atoms with van der Waals surface area (Å²) in [6.07, 6.45) is 1.05. The summed E-state index contributed by atoms with van der Waals surface area (Å²) in [5.74, 6) is -0.324. The highest BCUT2D eigenvalue weighted by Gasteiger charge is 2.07. The monoisotopic (exact) mass is 441 g/mol. The Hall–Kier alpha value is -3.02. The molecule has 7 heteroatoms. The number of amides is 2. The molecule has 0 aliphatic rings. The molecule has 0 aromatic heterocycles. The minimum Gasteiger partial charge on any atom is -0.375 e. The highest BCUT2D eigenvalue weighted by atomic mass is 35.5. The third-order valence-corrected chi connectivity index (χ3v) is 4.83. The fourth-order valence-corrected chi connectivity index (χ4v) is 3.29. The molecule has 3 aromatic rings. The van der Waals surface area contributed by atoms with Crippen LogP contribution in [0.5, 0.6) is 0 Å². The SMILES string of the molecule is O=C(CCc1ccccc1)Nc1cccc(NC(=O)CNc2ccc(Cl)cc2Cl)c1. The average molecular weight is 442 g/mol. The van der Waals surface area contributed by atoms with E-state index < -0.39 is 0 Å². The maximum atomic E-state index is 12.2. The fraction of sp³-hybridized carbons (Fsp3) is 0.130. The van der Waals surface area contributed by atoms with Crippen LogP contribution in [0, 0.1) is 0 Å². The summed E-state index contributed by atoms with van der Waals surface area (Å²) in [7, 11) is 0. The zero-order valence-corrected chi connectivity index (χ0v) is 17.6. The van der Waals surface area contributed by atoms with E-state index in [4.69, 9.17) is 23.2 Å². The Morgan fingerprint density at radius 2 is 1.47 bits per heavy atom. The summed E-state index contributed by atoms with van der Waals surface area (Å²) in [4.78, 5) is 24.4. The van der Waals surface area contributed by atoms with Gasteiger partial charge in [0.05, 0.1) is 17.3 Å². The molecule has 0 unspecified atom stereocenters. The molecule has 2 amide bonds. The summed E-state index contributed by atoms with van der Waals surface area (Å²) < 4.78 is 0. The van der Waals surface area contributed by atoms with E-state index in [0.717, 1.165) is 5.56 Å². The van der Waals surface area contributed by atoms with Crippen molar-refractivity contribution in [1.29, 1.82) is 0 Å². The number of aryl methyl sites for hydroxylation is 1. The maximum absolute atomic E-state index is 12.2. The molecule has 0 saturated heterocycles. The number of nitrogens with one attached hydrogen (secondary N) is 3. The van der Waals surface area contributed by atoms with Gasteiger partial charge < -0.3 is 16.0 Å². The van der Waals surface area contributed by atoms with Gasteiger partial charge in [-0.25, -0.2) is 0 Å². The Morgan fingerprint density at radius 3 is 2.17 bits per heavy atom. The number of hydrogen-bond donors (Lipinski definition) is 3. The summed E-state index contributed by atoms with van der Waals surface area (Å²) >= 11 is 12.0. The van der Waals surface area contributed by atoms with Gasteiger partial charge in [-0.3, -0.25) is 9.59 Å². The van der Waals surface area contributed by atoms with Gasteiger partial charge in [0.1, 0.15) is 0 Å². The van der Waals surface area contributed by atoms with E-state index >= 15 is 0 Å². The van der Waals surface area contributed by atoms with Crippen molar-refractivity contribution in [3.05, 3.63) is 88.4 Å². The smallest absolute Gasteiger partial charge is 0.243 e. The molecule has 0 spiro atoms. The fourth-order valence-electron chi connectivity index (χ4n) is 2.81. The quantitative estimate of drug-likeness (QED) is 0.424. The Morgan fingerprint density at radius 1 is 0.767 bits per heavy atom. The van der Waals surface area contributed by atoms with Gasteiger partial charge in [0.15, 0.2) is 0 Å². The number of rotatable bonds is 8. The van der Waals surface area contributed by atoms with Crippen LogP contribution in [-0.2, 0) is 16.0 Å². The lowest BCUT2D eigenvalue weighted by atomic mass is 10.1. The highest BCUT2D eigenvalue weighted by molar-refractivity contribution is 6.36. The maximum Gasteiger partial charge on any atom is 0.243 e. The molecule has 0 fully saturated rings. The second-order valence-electron chi connectivity index (χ2n) is 6.64. The molecule has 30 heavy (non-hydrogen) atoms. The summed E-state index contributed by atoms with van der Waals surface area (Å²) in [6.45, 7) is 0.0367. The molecule has 0 atom stereocenters. The van der Waals surface area contributed by atoms with Crippen LogP contribution in [0.2, 0.25) is 10.0 Å². The van der Waals surface area contributed by atoms with Crippen molar-refractivity contribution in [3.8, 4) is 0 Å². The molecule has 0 aliphatic heterocycles. The first kappa shape index (κ1) is 21.7. The van der Waals surface area contributed by atoms with E-state index in [1.807, 2.05) is 30.3 Å². The number of anilines is 3. The van der Waals surface area contributed by atoms with Crippen LogP contribution in [-0.4, -0.2) is 18.4 Å². The molecule has 3 rings (SSSR count). The lowest BCUT2D eigenvalue weighted by Gasteiger charge is -2.11. The van der Waals surface area contributed by atoms with E-state index in [1.165, 1.54) is 0 Å². The number of carbonyl (C=O) groups excluding carboxylic acids is 2. The van der Waals surface area contributed by atoms with Gasteiger partial charge in [-0.1, -0.05) is 59.6 Å². The molecular weight excluding hydrogens is 421 g/mol. The van der Waals surface area contributed by atoms with Crippen molar-refractivity contribution < 1.29 is 9.59 Å². The van der Waals surface area contributed by atoms with Crippen LogP contribution in [0.3, 0.4) is 0 Å². The van der Waals surface area contributed by atoms with Crippen molar-refractivity contribution in [1.82, 2.24) is 0 Å². The number of halogens is 2. The second-order valence-corrected chi connectivity index (χ2v) is 7.48. The van der Waals surface area contributed by atoms with Crippen LogP contribution >= 0.6 is 23.2 Å². The summed E-state index contributed by atoms with van der Waals surface area (Å²) in [5, 5.41) is 9.59. The summed E-state index contributed by atoms with van der Waals surface area (Å²) in [6, 6.07) is 21.9. The number of carbonyl (C=O) groups is 2. The predicted molar refractivity (Wildman–Crippen MR) is 123 cm³/mol. The molecule has 154 valence electrons. The number of benzene rings is 3. The van der Waals surface area contributed by atoms with Gasteiger partial charge in [0, 0.05) is 22.8 Å². The van der Waals surface area contributed by atoms with Crippen LogP contribution in [0.1, 0.15) is 12.0 Å². The van der Waals surface area contributed by atoms with Crippen molar-refractivity contribution in [2.45, 2.75) is 12.8 Å². The average Bonchev–Trinajstić information content (AvgIpc) is 2.73. The Balaban J connectivity index is 1.49. The van der Waals surface area contributed by atoms with Gasteiger partial charge >= 0.3 is 0 Å². The number of hydrogen-bond acceptors (Lipinski definition) is 3. The van der Waals surface area contributed by atoms with Crippen molar-refractivity contribution in [3.63, 3.8) is 0 Å². The first-order chi connectivity index (χ1) is 14.5. The van der Waals surface area contributed by atoms with Gasteiger partial charge in [0.25, 0.3) is 0 Å². The molecule has 5 nitrogen and oxygen atoms in total. The van der Waals surface area contributed by atoms with Gasteiger partial charge in [0.2, 0.25) is 11.8 Å². The molecular formula is C23H21Cl2N3O2. The molecule has 0 radical (unpaired) electrons. The van der Waals surface area contributed by atoms with E-state index in [-0.39, 0.29) is 18.4 Å². The van der Waals surface area contributed by atoms with E-state index in [1.54, 1.807) is 42.5 Å². The predicted octanol–water partition coefficient (Wildman–Crippen LogP) is 5.62. The van der Waals surface area contributed by atoms with E-state index in [2.05, 4.69) is 16.0 Å². The standard InChI is InChI=1S/C23H21Cl2N3O2/c24-17-10-11-21(20(25)13-17)26-15-23(30)28-19-8-4-7-18(14-19)27-22(29)12-9-16-5-2-1-3-6-16/h1-8,10-11,13-14,26H,9,12,15H2,(H,27,29)(H,28,30). The van der Waals surface area contributed by atoms with Crippen LogP contribution in [0.25, 0.3) is 0 Å². The molecule has 0 saturated carbocycles. The van der Waals surface area contributed by atoms with Crippen molar-refractivity contribution in [2.24, 2.45) is 0 Å². The largest absolute Gasteiger partial charge is 0.375 e. The van der Waals surface area contributed by atoms with Crippen LogP contribution < -0.4 is 16.0 Å². The zero-order valence-electron chi connectivity index (χ0n) is 16.1. The Bertz CT molecular complexity index is 1030. The first-order valence-corrected chi connectivity index (χ1v) is 10.2.